The SMILES string of the molecule is c1ccc(-c2ccc(-c3nc(-c4ccc(-n5c6cc7ccccc7cc6c6cccc(-n7c8ccccc8c8ccc9ccccc9c87)c65)cc4)nc(-c4ccccc4-c4ccccc4)n3)cc2)cc1. The minimum atomic E-state index is 0.604. The molecule has 14 rings (SSSR count). The first-order valence-electron chi connectivity index (χ1n) is 23.8. The lowest BCUT2D eigenvalue weighted by molar-refractivity contribution is 1.07. The van der Waals surface area contributed by atoms with Gasteiger partial charge in [0.15, 0.2) is 17.5 Å². The monoisotopic (exact) mass is 891 g/mol. The maximum absolute atomic E-state index is 5.28. The van der Waals surface area contributed by atoms with Crippen LogP contribution in [0.25, 0.3) is 133 Å². The highest BCUT2D eigenvalue weighted by Gasteiger charge is 2.22. The molecule has 0 saturated carbocycles. The maximum Gasteiger partial charge on any atom is 0.164 e. The maximum atomic E-state index is 5.28. The van der Waals surface area contributed by atoms with E-state index >= 15 is 0 Å². The molecule has 70 heavy (non-hydrogen) atoms. The zero-order valence-corrected chi connectivity index (χ0v) is 37.9. The van der Waals surface area contributed by atoms with Crippen LogP contribution in [-0.2, 0) is 0 Å². The molecule has 0 amide bonds. The Hall–Kier alpha value is -9.45. The number of fused-ring (bicyclic) bond motifs is 9. The van der Waals surface area contributed by atoms with Gasteiger partial charge in [-0.3, -0.25) is 0 Å². The standard InChI is InChI=1S/C65H41N5/c1-3-16-42(17-4-1)43-30-32-46(33-31-43)63-66-64(68-65(67-63)56-26-12-11-23-51(56)44-18-5-2-6-19-44)47-34-37-50(38-35-47)69-60-41-49-22-8-7-21-48(49)40-57(60)54-27-15-29-59(62(54)69)70-58-28-14-13-25-53(58)55-39-36-45-20-9-10-24-52(45)61(55)70/h1-41H. The van der Waals surface area contributed by atoms with E-state index < -0.39 is 0 Å². The highest BCUT2D eigenvalue weighted by atomic mass is 15.1. The Morgan fingerprint density at radius 1 is 0.257 bits per heavy atom. The van der Waals surface area contributed by atoms with Crippen molar-refractivity contribution in [3.63, 3.8) is 0 Å². The van der Waals surface area contributed by atoms with Crippen LogP contribution in [-0.4, -0.2) is 24.1 Å². The molecule has 0 bridgehead atoms. The summed E-state index contributed by atoms with van der Waals surface area (Å²) in [7, 11) is 0. The number of para-hydroxylation sites is 2. The van der Waals surface area contributed by atoms with Gasteiger partial charge in [-0.15, -0.1) is 0 Å². The second kappa shape index (κ2) is 16.1. The van der Waals surface area contributed by atoms with Gasteiger partial charge in [-0.25, -0.2) is 15.0 Å². The van der Waals surface area contributed by atoms with E-state index in [0.717, 1.165) is 61.4 Å². The molecule has 0 unspecified atom stereocenters. The molecule has 0 saturated heterocycles. The molecular weight excluding hydrogens is 851 g/mol. The van der Waals surface area contributed by atoms with Crippen molar-refractivity contribution in [3.05, 3.63) is 249 Å². The van der Waals surface area contributed by atoms with E-state index in [0.29, 0.717) is 17.5 Å². The van der Waals surface area contributed by atoms with Gasteiger partial charge >= 0.3 is 0 Å². The highest BCUT2D eigenvalue weighted by molar-refractivity contribution is 6.21. The number of rotatable bonds is 7. The molecular formula is C65H41N5. The Morgan fingerprint density at radius 3 is 1.53 bits per heavy atom. The summed E-state index contributed by atoms with van der Waals surface area (Å²) in [6, 6.07) is 88.8. The quantitative estimate of drug-likeness (QED) is 0.160. The molecule has 0 spiro atoms. The second-order valence-corrected chi connectivity index (χ2v) is 18.0. The molecule has 326 valence electrons. The van der Waals surface area contributed by atoms with Crippen molar-refractivity contribution < 1.29 is 0 Å². The minimum Gasteiger partial charge on any atom is -0.307 e. The van der Waals surface area contributed by atoms with Gasteiger partial charge in [-0.05, 0) is 86.9 Å². The zero-order valence-electron chi connectivity index (χ0n) is 37.9. The fourth-order valence-electron chi connectivity index (χ4n) is 10.7. The van der Waals surface area contributed by atoms with Crippen molar-refractivity contribution in [1.82, 2.24) is 24.1 Å². The summed E-state index contributed by atoms with van der Waals surface area (Å²) >= 11 is 0. The molecule has 0 aliphatic carbocycles. The zero-order chi connectivity index (χ0) is 46.1. The van der Waals surface area contributed by atoms with E-state index in [1.807, 2.05) is 12.1 Å². The third-order valence-corrected chi connectivity index (χ3v) is 14.0. The summed E-state index contributed by atoms with van der Waals surface area (Å²) < 4.78 is 4.95. The minimum absolute atomic E-state index is 0.604. The third kappa shape index (κ3) is 6.44. The lowest BCUT2D eigenvalue weighted by Gasteiger charge is -2.16. The molecule has 0 aliphatic heterocycles. The Bertz CT molecular complexity index is 4320. The van der Waals surface area contributed by atoms with Crippen LogP contribution >= 0.6 is 0 Å². The van der Waals surface area contributed by atoms with E-state index in [-0.39, 0.29) is 0 Å². The molecule has 0 N–H and O–H groups in total. The molecule has 0 aliphatic rings. The summed E-state index contributed by atoms with van der Waals surface area (Å²) in [5, 5.41) is 9.70. The van der Waals surface area contributed by atoms with Crippen molar-refractivity contribution in [2.24, 2.45) is 0 Å². The molecule has 11 aromatic carbocycles. The Labute approximate surface area is 403 Å². The van der Waals surface area contributed by atoms with E-state index in [2.05, 4.69) is 246 Å². The first-order valence-corrected chi connectivity index (χ1v) is 23.8. The molecule has 0 fully saturated rings. The van der Waals surface area contributed by atoms with Crippen molar-refractivity contribution in [2.45, 2.75) is 0 Å². The summed E-state index contributed by atoms with van der Waals surface area (Å²) in [5.74, 6) is 1.84. The van der Waals surface area contributed by atoms with Crippen LogP contribution in [0.1, 0.15) is 0 Å². The second-order valence-electron chi connectivity index (χ2n) is 18.0. The van der Waals surface area contributed by atoms with E-state index in [4.69, 9.17) is 15.0 Å². The van der Waals surface area contributed by atoms with E-state index in [1.165, 1.54) is 54.1 Å². The van der Waals surface area contributed by atoms with Gasteiger partial charge in [0.2, 0.25) is 0 Å². The number of aromatic nitrogens is 5. The van der Waals surface area contributed by atoms with Crippen LogP contribution in [0.3, 0.4) is 0 Å². The predicted octanol–water partition coefficient (Wildman–Crippen LogP) is 16.7. The van der Waals surface area contributed by atoms with Gasteiger partial charge in [-0.1, -0.05) is 200 Å². The van der Waals surface area contributed by atoms with Crippen molar-refractivity contribution in [3.8, 4) is 67.8 Å². The smallest absolute Gasteiger partial charge is 0.164 e. The van der Waals surface area contributed by atoms with Crippen molar-refractivity contribution >= 4 is 65.2 Å². The summed E-state index contributed by atoms with van der Waals surface area (Å²) in [6.45, 7) is 0. The number of nitrogens with zero attached hydrogens (tertiary/aromatic N) is 5. The van der Waals surface area contributed by atoms with Gasteiger partial charge in [0.05, 0.1) is 27.8 Å². The van der Waals surface area contributed by atoms with Crippen LogP contribution in [0, 0.1) is 0 Å². The molecule has 0 atom stereocenters. The lowest BCUT2D eigenvalue weighted by Crippen LogP contribution is -2.02. The van der Waals surface area contributed by atoms with Crippen LogP contribution in [0.5, 0.6) is 0 Å². The van der Waals surface area contributed by atoms with Crippen molar-refractivity contribution in [2.75, 3.05) is 0 Å². The van der Waals surface area contributed by atoms with Crippen LogP contribution in [0.4, 0.5) is 0 Å². The average molecular weight is 892 g/mol. The van der Waals surface area contributed by atoms with Gasteiger partial charge in [-0.2, -0.15) is 0 Å². The fourth-order valence-corrected chi connectivity index (χ4v) is 10.7. The largest absolute Gasteiger partial charge is 0.307 e. The average Bonchev–Trinajstić information content (AvgIpc) is 3.95. The first kappa shape index (κ1) is 39.7. The normalized spacial score (nSPS) is 11.7. The van der Waals surface area contributed by atoms with Gasteiger partial charge in [0.1, 0.15) is 0 Å². The number of hydrogen-bond donors (Lipinski definition) is 0. The number of benzene rings is 11. The molecule has 3 heterocycles. The van der Waals surface area contributed by atoms with Crippen LogP contribution in [0.15, 0.2) is 249 Å². The highest BCUT2D eigenvalue weighted by Crippen LogP contribution is 2.43. The summed E-state index contributed by atoms with van der Waals surface area (Å²) in [5.41, 5.74) is 14.0. The summed E-state index contributed by atoms with van der Waals surface area (Å²) in [6.07, 6.45) is 0. The topological polar surface area (TPSA) is 48.5 Å². The van der Waals surface area contributed by atoms with Gasteiger partial charge in [0, 0.05) is 49.3 Å². The van der Waals surface area contributed by atoms with Crippen LogP contribution < -0.4 is 0 Å². The molecule has 5 nitrogen and oxygen atoms in total. The Morgan fingerprint density at radius 2 is 0.786 bits per heavy atom. The first-order chi connectivity index (χ1) is 34.7. The van der Waals surface area contributed by atoms with Crippen LogP contribution in [0.2, 0.25) is 0 Å². The molecule has 14 aromatic rings. The molecule has 0 radical (unpaired) electrons. The van der Waals surface area contributed by atoms with Gasteiger partial charge < -0.3 is 9.13 Å². The van der Waals surface area contributed by atoms with E-state index in [9.17, 15) is 0 Å². The lowest BCUT2D eigenvalue weighted by atomic mass is 9.99. The summed E-state index contributed by atoms with van der Waals surface area (Å²) in [4.78, 5) is 15.7. The molecule has 5 heteroatoms. The third-order valence-electron chi connectivity index (χ3n) is 14.0. The van der Waals surface area contributed by atoms with Gasteiger partial charge in [0.25, 0.3) is 0 Å². The fraction of sp³-hybridized carbons (Fsp3) is 0. The number of hydrogen-bond acceptors (Lipinski definition) is 3. The predicted molar refractivity (Wildman–Crippen MR) is 291 cm³/mol. The van der Waals surface area contributed by atoms with E-state index in [1.54, 1.807) is 0 Å². The Balaban J connectivity index is 0.980. The van der Waals surface area contributed by atoms with Crippen molar-refractivity contribution in [1.29, 1.82) is 0 Å². The molecule has 3 aromatic heterocycles. The Kier molecular flexibility index (Phi) is 9.14.